The van der Waals surface area contributed by atoms with E-state index >= 15 is 0 Å². The summed E-state index contributed by atoms with van der Waals surface area (Å²) in [5, 5.41) is 4.67. The molecule has 0 spiro atoms. The summed E-state index contributed by atoms with van der Waals surface area (Å²) in [7, 11) is 1.61. The molecule has 0 aliphatic carbocycles. The van der Waals surface area contributed by atoms with E-state index in [-0.39, 0.29) is 5.91 Å². The van der Waals surface area contributed by atoms with Gasteiger partial charge in [-0.15, -0.1) is 0 Å². The average molecular weight is 365 g/mol. The fourth-order valence-corrected chi connectivity index (χ4v) is 2.69. The molecule has 0 bridgehead atoms. The van der Waals surface area contributed by atoms with Gasteiger partial charge in [0.05, 0.1) is 25.1 Å². The summed E-state index contributed by atoms with van der Waals surface area (Å²) in [6.07, 6.45) is 0. The van der Waals surface area contributed by atoms with E-state index in [9.17, 15) is 4.79 Å². The summed E-state index contributed by atoms with van der Waals surface area (Å²) in [6.45, 7) is 6.31. The first-order chi connectivity index (χ1) is 13.0. The smallest absolute Gasteiger partial charge is 0.293 e. The van der Waals surface area contributed by atoms with E-state index in [1.165, 1.54) is 11.1 Å². The number of amides is 1. The Bertz CT molecular complexity index is 946. The lowest BCUT2D eigenvalue weighted by Gasteiger charge is -2.08. The highest BCUT2D eigenvalue weighted by Crippen LogP contribution is 2.25. The lowest BCUT2D eigenvalue weighted by Crippen LogP contribution is -2.26. The molecule has 3 aromatic rings. The standard InChI is InChI=1S/C21H23N3O3/c1-5-27-23-21(25)20-13-19(16-7-6-14(2)15(3)12-16)22-24(20)17-8-10-18(26-4)11-9-17/h6-13H,5H2,1-4H3,(H,23,25). The van der Waals surface area contributed by atoms with E-state index in [0.29, 0.717) is 12.3 Å². The van der Waals surface area contributed by atoms with E-state index < -0.39 is 0 Å². The Hall–Kier alpha value is -3.12. The van der Waals surface area contributed by atoms with Gasteiger partial charge in [0.25, 0.3) is 5.91 Å². The largest absolute Gasteiger partial charge is 0.497 e. The van der Waals surface area contributed by atoms with Crippen LogP contribution in [0.2, 0.25) is 0 Å². The number of carbonyl (C=O) groups excluding carboxylic acids is 1. The van der Waals surface area contributed by atoms with Crippen molar-refractivity contribution in [2.75, 3.05) is 13.7 Å². The van der Waals surface area contributed by atoms with Gasteiger partial charge in [0.15, 0.2) is 0 Å². The molecule has 0 atom stereocenters. The Balaban J connectivity index is 2.07. The van der Waals surface area contributed by atoms with Gasteiger partial charge >= 0.3 is 0 Å². The van der Waals surface area contributed by atoms with Gasteiger partial charge in [0, 0.05) is 5.56 Å². The third-order valence-corrected chi connectivity index (χ3v) is 4.37. The number of hydroxylamine groups is 1. The van der Waals surface area contributed by atoms with Crippen LogP contribution in [0.25, 0.3) is 16.9 Å². The summed E-state index contributed by atoms with van der Waals surface area (Å²) < 4.78 is 6.82. The molecule has 0 radical (unpaired) electrons. The number of rotatable bonds is 6. The molecule has 1 amide bonds. The van der Waals surface area contributed by atoms with Crippen molar-refractivity contribution in [1.82, 2.24) is 15.3 Å². The number of nitrogens with zero attached hydrogens (tertiary/aromatic N) is 2. The summed E-state index contributed by atoms with van der Waals surface area (Å²) in [4.78, 5) is 17.6. The molecule has 0 saturated heterocycles. The first-order valence-corrected chi connectivity index (χ1v) is 8.77. The highest BCUT2D eigenvalue weighted by Gasteiger charge is 2.18. The molecule has 6 nitrogen and oxygen atoms in total. The van der Waals surface area contributed by atoms with Crippen LogP contribution in [0, 0.1) is 13.8 Å². The van der Waals surface area contributed by atoms with Gasteiger partial charge in [-0.05, 0) is 68.3 Å². The lowest BCUT2D eigenvalue weighted by atomic mass is 10.0. The SMILES string of the molecule is CCONC(=O)c1cc(-c2ccc(C)c(C)c2)nn1-c1ccc(OC)cc1. The third-order valence-electron chi connectivity index (χ3n) is 4.37. The van der Waals surface area contributed by atoms with Gasteiger partial charge in [-0.3, -0.25) is 9.63 Å². The first kappa shape index (κ1) is 18.7. The second kappa shape index (κ2) is 8.05. The predicted molar refractivity (Wildman–Crippen MR) is 104 cm³/mol. The molecular weight excluding hydrogens is 342 g/mol. The summed E-state index contributed by atoms with van der Waals surface area (Å²) in [6, 6.07) is 15.3. The van der Waals surface area contributed by atoms with Crippen LogP contribution >= 0.6 is 0 Å². The van der Waals surface area contributed by atoms with Gasteiger partial charge < -0.3 is 4.74 Å². The van der Waals surface area contributed by atoms with E-state index in [0.717, 1.165) is 22.7 Å². The monoisotopic (exact) mass is 365 g/mol. The predicted octanol–water partition coefficient (Wildman–Crippen LogP) is 3.85. The summed E-state index contributed by atoms with van der Waals surface area (Å²) >= 11 is 0. The molecule has 1 aromatic heterocycles. The van der Waals surface area contributed by atoms with Crippen molar-refractivity contribution in [2.45, 2.75) is 20.8 Å². The minimum Gasteiger partial charge on any atom is -0.497 e. The maximum absolute atomic E-state index is 12.6. The van der Waals surface area contributed by atoms with Crippen molar-refractivity contribution in [3.05, 3.63) is 65.4 Å². The molecule has 3 rings (SSSR count). The number of hydrogen-bond donors (Lipinski definition) is 1. The average Bonchev–Trinajstić information content (AvgIpc) is 3.14. The summed E-state index contributed by atoms with van der Waals surface area (Å²) in [5.74, 6) is 0.385. The fourth-order valence-electron chi connectivity index (χ4n) is 2.69. The maximum atomic E-state index is 12.6. The van der Waals surface area contributed by atoms with Crippen molar-refractivity contribution in [1.29, 1.82) is 0 Å². The van der Waals surface area contributed by atoms with Crippen molar-refractivity contribution in [2.24, 2.45) is 0 Å². The van der Waals surface area contributed by atoms with Gasteiger partial charge in [-0.1, -0.05) is 12.1 Å². The topological polar surface area (TPSA) is 65.4 Å². The molecule has 2 aromatic carbocycles. The van der Waals surface area contributed by atoms with Crippen LogP contribution in [0.1, 0.15) is 28.5 Å². The number of aryl methyl sites for hydroxylation is 2. The van der Waals surface area contributed by atoms with E-state index in [4.69, 9.17) is 9.57 Å². The van der Waals surface area contributed by atoms with E-state index in [2.05, 4.69) is 36.6 Å². The number of methoxy groups -OCH3 is 1. The third kappa shape index (κ3) is 4.01. The number of ether oxygens (including phenoxy) is 1. The van der Waals surface area contributed by atoms with Crippen LogP contribution in [0.5, 0.6) is 5.75 Å². The van der Waals surface area contributed by atoms with Crippen LogP contribution in [-0.2, 0) is 4.84 Å². The summed E-state index contributed by atoms with van der Waals surface area (Å²) in [5.41, 5.74) is 7.65. The second-order valence-corrected chi connectivity index (χ2v) is 6.19. The molecule has 0 saturated carbocycles. The molecule has 1 N–H and O–H groups in total. The molecule has 0 fully saturated rings. The van der Waals surface area contributed by atoms with Gasteiger partial charge in [-0.2, -0.15) is 5.10 Å². The van der Waals surface area contributed by atoms with Crippen LogP contribution in [-0.4, -0.2) is 29.4 Å². The van der Waals surface area contributed by atoms with E-state index in [1.54, 1.807) is 17.9 Å². The van der Waals surface area contributed by atoms with Crippen LogP contribution in [0.4, 0.5) is 0 Å². The number of aromatic nitrogens is 2. The molecule has 0 unspecified atom stereocenters. The van der Waals surface area contributed by atoms with Gasteiger partial charge in [-0.25, -0.2) is 10.2 Å². The number of benzene rings is 2. The Kier molecular flexibility index (Phi) is 5.57. The lowest BCUT2D eigenvalue weighted by molar-refractivity contribution is 0.0357. The maximum Gasteiger partial charge on any atom is 0.293 e. The van der Waals surface area contributed by atoms with Crippen LogP contribution in [0.15, 0.2) is 48.5 Å². The van der Waals surface area contributed by atoms with Crippen LogP contribution < -0.4 is 10.2 Å². The Morgan fingerprint density at radius 3 is 2.44 bits per heavy atom. The number of hydrogen-bond acceptors (Lipinski definition) is 4. The first-order valence-electron chi connectivity index (χ1n) is 8.77. The molecular formula is C21H23N3O3. The quantitative estimate of drug-likeness (QED) is 0.674. The molecule has 140 valence electrons. The highest BCUT2D eigenvalue weighted by molar-refractivity contribution is 5.93. The van der Waals surface area contributed by atoms with Gasteiger partial charge in [0.1, 0.15) is 11.4 Å². The minimum atomic E-state index is -0.352. The second-order valence-electron chi connectivity index (χ2n) is 6.19. The molecule has 0 aliphatic rings. The Morgan fingerprint density at radius 1 is 1.07 bits per heavy atom. The van der Waals surface area contributed by atoms with Crippen LogP contribution in [0.3, 0.4) is 0 Å². The molecule has 0 aliphatic heterocycles. The van der Waals surface area contributed by atoms with Crippen molar-refractivity contribution in [3.63, 3.8) is 0 Å². The Morgan fingerprint density at radius 2 is 1.81 bits per heavy atom. The zero-order valence-electron chi connectivity index (χ0n) is 15.9. The fraction of sp³-hybridized carbons (Fsp3) is 0.238. The van der Waals surface area contributed by atoms with Crippen molar-refractivity contribution in [3.8, 4) is 22.7 Å². The van der Waals surface area contributed by atoms with E-state index in [1.807, 2.05) is 37.3 Å². The Labute approximate surface area is 158 Å². The zero-order chi connectivity index (χ0) is 19.4. The normalized spacial score (nSPS) is 10.7. The number of nitrogens with one attached hydrogen (secondary N) is 1. The molecule has 1 heterocycles. The number of carbonyl (C=O) groups is 1. The van der Waals surface area contributed by atoms with Crippen molar-refractivity contribution < 1.29 is 14.4 Å². The highest BCUT2D eigenvalue weighted by atomic mass is 16.6. The zero-order valence-corrected chi connectivity index (χ0v) is 15.9. The minimum absolute atomic E-state index is 0.352. The molecule has 27 heavy (non-hydrogen) atoms. The van der Waals surface area contributed by atoms with Gasteiger partial charge in [0.2, 0.25) is 0 Å². The van der Waals surface area contributed by atoms with Crippen molar-refractivity contribution >= 4 is 5.91 Å². The molecule has 6 heteroatoms.